The average molecular weight is 464 g/mol. The Morgan fingerprint density at radius 2 is 2.04 bits per heavy atom. The normalized spacial score (nSPS) is 10.7. The quantitative estimate of drug-likeness (QED) is 0.483. The van der Waals surface area contributed by atoms with Crippen LogP contribution in [0, 0.1) is 3.57 Å². The summed E-state index contributed by atoms with van der Waals surface area (Å²) in [7, 11) is 0. The Bertz CT molecular complexity index is 765. The van der Waals surface area contributed by atoms with E-state index in [0.717, 1.165) is 8.96 Å². The van der Waals surface area contributed by atoms with Crippen molar-refractivity contribution in [2.24, 2.45) is 0 Å². The number of esters is 2. The molecule has 0 radical (unpaired) electrons. The average Bonchev–Trinajstić information content (AvgIpc) is 2.52. The van der Waals surface area contributed by atoms with Crippen LogP contribution < -0.4 is 4.74 Å². The summed E-state index contributed by atoms with van der Waals surface area (Å²) in [5, 5.41) is 1.28. The molecule has 2 rings (SSSR count). The number of rotatable bonds is 6. The number of ether oxygens (including phenoxy) is 3. The van der Waals surface area contributed by atoms with Crippen molar-refractivity contribution in [2.75, 3.05) is 13.2 Å². The van der Waals surface area contributed by atoms with Crippen LogP contribution in [0.3, 0.4) is 0 Å². The van der Waals surface area contributed by atoms with Crippen molar-refractivity contribution in [3.8, 4) is 5.75 Å². The molecule has 0 aliphatic heterocycles. The zero-order valence-corrected chi connectivity index (χ0v) is 16.0. The van der Waals surface area contributed by atoms with E-state index in [4.69, 9.17) is 25.8 Å². The highest BCUT2D eigenvalue weighted by Crippen LogP contribution is 2.34. The van der Waals surface area contributed by atoms with Crippen LogP contribution in [-0.4, -0.2) is 36.2 Å². The highest BCUT2D eigenvalue weighted by Gasteiger charge is 2.15. The first kappa shape index (κ1) is 18.7. The van der Waals surface area contributed by atoms with Crippen LogP contribution in [-0.2, 0) is 19.1 Å². The molecule has 0 saturated heterocycles. The third-order valence-electron chi connectivity index (χ3n) is 2.80. The van der Waals surface area contributed by atoms with Crippen LogP contribution in [0.5, 0.6) is 5.75 Å². The topological polar surface area (TPSA) is 74.7 Å². The Kier molecular flexibility index (Phi) is 6.61. The Morgan fingerprint density at radius 3 is 2.75 bits per heavy atom. The molecule has 6 nitrogen and oxygen atoms in total. The summed E-state index contributed by atoms with van der Waals surface area (Å²) in [6, 6.07) is 5.31. The second-order valence-electron chi connectivity index (χ2n) is 5.06. The van der Waals surface area contributed by atoms with Crippen LogP contribution in [0.15, 0.2) is 24.4 Å². The van der Waals surface area contributed by atoms with Gasteiger partial charge >= 0.3 is 11.9 Å². The summed E-state index contributed by atoms with van der Waals surface area (Å²) in [5.41, 5.74) is 0.557. The molecule has 24 heavy (non-hydrogen) atoms. The van der Waals surface area contributed by atoms with Crippen molar-refractivity contribution in [1.82, 2.24) is 4.98 Å². The van der Waals surface area contributed by atoms with E-state index in [1.165, 1.54) is 0 Å². The highest BCUT2D eigenvalue weighted by molar-refractivity contribution is 14.1. The van der Waals surface area contributed by atoms with E-state index >= 15 is 0 Å². The SMILES string of the molecule is CC(C)OC(=O)COC(=O)COc1c(I)cc(Cl)c2cccnc12. The van der Waals surface area contributed by atoms with Crippen LogP contribution >= 0.6 is 34.2 Å². The van der Waals surface area contributed by atoms with E-state index in [1.54, 1.807) is 32.2 Å². The highest BCUT2D eigenvalue weighted by atomic mass is 127. The molecule has 1 aromatic heterocycles. The Morgan fingerprint density at radius 1 is 1.29 bits per heavy atom. The molecule has 0 saturated carbocycles. The number of halogens is 2. The number of nitrogens with zero attached hydrogens (tertiary/aromatic N) is 1. The van der Waals surface area contributed by atoms with Crippen LogP contribution in [0.2, 0.25) is 5.02 Å². The van der Waals surface area contributed by atoms with E-state index in [0.29, 0.717) is 16.3 Å². The van der Waals surface area contributed by atoms with Gasteiger partial charge in [-0.25, -0.2) is 9.59 Å². The van der Waals surface area contributed by atoms with Gasteiger partial charge in [-0.1, -0.05) is 11.6 Å². The van der Waals surface area contributed by atoms with E-state index in [2.05, 4.69) is 27.6 Å². The van der Waals surface area contributed by atoms with Crippen molar-refractivity contribution in [3.63, 3.8) is 0 Å². The van der Waals surface area contributed by atoms with Gasteiger partial charge in [-0.05, 0) is 54.6 Å². The second-order valence-corrected chi connectivity index (χ2v) is 6.63. The van der Waals surface area contributed by atoms with Gasteiger partial charge in [0.15, 0.2) is 19.0 Å². The van der Waals surface area contributed by atoms with Crippen molar-refractivity contribution >= 4 is 57.0 Å². The number of fused-ring (bicyclic) bond motifs is 1. The molecular formula is C16H15ClINO5. The minimum absolute atomic E-state index is 0.263. The van der Waals surface area contributed by atoms with Gasteiger partial charge in [0.1, 0.15) is 5.52 Å². The second kappa shape index (κ2) is 8.48. The summed E-state index contributed by atoms with van der Waals surface area (Å²) in [6.07, 6.45) is 1.35. The van der Waals surface area contributed by atoms with E-state index in [9.17, 15) is 9.59 Å². The number of carbonyl (C=O) groups is 2. The fourth-order valence-electron chi connectivity index (χ4n) is 1.89. The maximum absolute atomic E-state index is 11.7. The van der Waals surface area contributed by atoms with Crippen molar-refractivity contribution in [1.29, 1.82) is 0 Å². The predicted octanol–water partition coefficient (Wildman–Crippen LogP) is 3.37. The van der Waals surface area contributed by atoms with E-state index in [1.807, 2.05) is 6.07 Å². The summed E-state index contributed by atoms with van der Waals surface area (Å²) in [4.78, 5) is 27.3. The van der Waals surface area contributed by atoms with Crippen LogP contribution in [0.4, 0.5) is 0 Å². The molecule has 0 aliphatic carbocycles. The number of hydrogen-bond acceptors (Lipinski definition) is 6. The molecule has 0 unspecified atom stereocenters. The minimum Gasteiger partial charge on any atom is -0.478 e. The summed E-state index contributed by atoms with van der Waals surface area (Å²) < 4.78 is 15.9. The van der Waals surface area contributed by atoms with Gasteiger partial charge in [-0.2, -0.15) is 0 Å². The zero-order valence-electron chi connectivity index (χ0n) is 13.0. The first-order valence-electron chi connectivity index (χ1n) is 7.09. The van der Waals surface area contributed by atoms with Gasteiger partial charge in [0.25, 0.3) is 0 Å². The third-order valence-corrected chi connectivity index (χ3v) is 3.92. The molecule has 0 amide bonds. The number of carbonyl (C=O) groups excluding carboxylic acids is 2. The molecule has 0 spiro atoms. The third kappa shape index (κ3) is 4.94. The van der Waals surface area contributed by atoms with Gasteiger partial charge < -0.3 is 14.2 Å². The molecule has 1 heterocycles. The fraction of sp³-hybridized carbons (Fsp3) is 0.312. The Labute approximate surface area is 157 Å². The van der Waals surface area contributed by atoms with Crippen molar-refractivity contribution in [3.05, 3.63) is 33.0 Å². The zero-order chi connectivity index (χ0) is 17.7. The van der Waals surface area contributed by atoms with Crippen molar-refractivity contribution in [2.45, 2.75) is 20.0 Å². The van der Waals surface area contributed by atoms with Gasteiger partial charge in [-0.15, -0.1) is 0 Å². The summed E-state index contributed by atoms with van der Waals surface area (Å²) in [6.45, 7) is 2.63. The molecule has 2 aromatic rings. The lowest BCUT2D eigenvalue weighted by Gasteiger charge is -2.12. The maximum atomic E-state index is 11.7. The molecule has 128 valence electrons. The Hall–Kier alpha value is -1.61. The first-order chi connectivity index (χ1) is 11.4. The molecule has 8 heteroatoms. The number of aromatic nitrogens is 1. The lowest BCUT2D eigenvalue weighted by atomic mass is 10.2. The van der Waals surface area contributed by atoms with Gasteiger partial charge in [0.2, 0.25) is 0 Å². The molecule has 0 fully saturated rings. The molecule has 0 atom stereocenters. The standard InChI is InChI=1S/C16H15ClINO5/c1-9(2)24-14(21)8-22-13(20)7-23-16-12(18)6-11(17)10-4-3-5-19-15(10)16/h3-6,9H,7-8H2,1-2H3. The van der Waals surface area contributed by atoms with Crippen LogP contribution in [0.25, 0.3) is 10.9 Å². The lowest BCUT2D eigenvalue weighted by molar-refractivity contribution is -0.162. The van der Waals surface area contributed by atoms with Crippen molar-refractivity contribution < 1.29 is 23.8 Å². The minimum atomic E-state index is -0.675. The lowest BCUT2D eigenvalue weighted by Crippen LogP contribution is -2.22. The molecule has 0 bridgehead atoms. The van der Waals surface area contributed by atoms with E-state index < -0.39 is 18.5 Å². The smallest absolute Gasteiger partial charge is 0.344 e. The molecule has 0 N–H and O–H groups in total. The number of hydrogen-bond donors (Lipinski definition) is 0. The largest absolute Gasteiger partial charge is 0.478 e. The molecular weight excluding hydrogens is 449 g/mol. The van der Waals surface area contributed by atoms with Gasteiger partial charge in [0, 0.05) is 11.6 Å². The summed E-state index contributed by atoms with van der Waals surface area (Å²) in [5.74, 6) is -0.839. The predicted molar refractivity (Wildman–Crippen MR) is 97.2 cm³/mol. The molecule has 1 aromatic carbocycles. The first-order valence-corrected chi connectivity index (χ1v) is 8.54. The van der Waals surface area contributed by atoms with Gasteiger partial charge in [0.05, 0.1) is 14.7 Å². The van der Waals surface area contributed by atoms with Gasteiger partial charge in [-0.3, -0.25) is 4.98 Å². The molecule has 0 aliphatic rings. The number of pyridine rings is 1. The fourth-order valence-corrected chi connectivity index (χ4v) is 3.06. The Balaban J connectivity index is 2.01. The number of benzene rings is 1. The van der Waals surface area contributed by atoms with Crippen LogP contribution in [0.1, 0.15) is 13.8 Å². The monoisotopic (exact) mass is 463 g/mol. The maximum Gasteiger partial charge on any atom is 0.344 e. The van der Waals surface area contributed by atoms with E-state index in [-0.39, 0.29) is 12.7 Å². The summed E-state index contributed by atoms with van der Waals surface area (Å²) >= 11 is 8.23.